The largest absolute Gasteiger partial charge is 0.467 e. The van der Waals surface area contributed by atoms with Gasteiger partial charge in [-0.1, -0.05) is 31.5 Å². The third kappa shape index (κ3) is 4.79. The number of aromatic nitrogens is 4. The van der Waals surface area contributed by atoms with Crippen molar-refractivity contribution in [3.8, 4) is 0 Å². The Morgan fingerprint density at radius 1 is 1.17 bits per heavy atom. The van der Waals surface area contributed by atoms with Crippen molar-refractivity contribution < 1.29 is 9.32 Å². The zero-order valence-electron chi connectivity index (χ0n) is 17.0. The monoisotopic (exact) mass is 415 g/mol. The van der Waals surface area contributed by atoms with Gasteiger partial charge in [-0.05, 0) is 46.7 Å². The number of nitrogens with one attached hydrogen (secondary N) is 1. The number of hydrogen-bond donors (Lipinski definition) is 1. The number of piperazine rings is 1. The maximum absolute atomic E-state index is 6.18. The van der Waals surface area contributed by atoms with Crippen LogP contribution in [0, 0.1) is 5.92 Å². The Bertz CT molecular complexity index is 902. The molecule has 29 heavy (non-hydrogen) atoms. The van der Waals surface area contributed by atoms with Crippen LogP contribution in [0.2, 0.25) is 5.02 Å². The first-order valence-corrected chi connectivity index (χ1v) is 10.6. The van der Waals surface area contributed by atoms with Crippen molar-refractivity contribution in [3.63, 3.8) is 0 Å². The van der Waals surface area contributed by atoms with Gasteiger partial charge >= 0.3 is 0 Å². The smallest absolute Gasteiger partial charge is 0.209 e. The summed E-state index contributed by atoms with van der Waals surface area (Å²) >= 11 is 6.18. The Morgan fingerprint density at radius 3 is 2.69 bits per heavy atom. The molecule has 0 bridgehead atoms. The van der Waals surface area contributed by atoms with Crippen LogP contribution in [-0.2, 0) is 6.54 Å². The summed E-state index contributed by atoms with van der Waals surface area (Å²) in [6.45, 7) is 9.14. The molecule has 3 aromatic rings. The minimum absolute atomic E-state index is 0.265. The number of tetrazole rings is 1. The molecule has 1 fully saturated rings. The quantitative estimate of drug-likeness (QED) is 0.642. The van der Waals surface area contributed by atoms with Crippen molar-refractivity contribution in [1.82, 2.24) is 20.2 Å². The molecule has 1 atom stereocenters. The first kappa shape index (κ1) is 19.9. The number of hydrogen-bond acceptors (Lipinski definition) is 5. The molecular weight excluding hydrogens is 388 g/mol. The molecule has 4 rings (SSSR count). The van der Waals surface area contributed by atoms with Crippen LogP contribution in [0.15, 0.2) is 47.1 Å². The lowest BCUT2D eigenvalue weighted by molar-refractivity contribution is -0.934. The second kappa shape index (κ2) is 8.97. The van der Waals surface area contributed by atoms with E-state index in [1.165, 1.54) is 10.6 Å². The van der Waals surface area contributed by atoms with Gasteiger partial charge in [-0.2, -0.15) is 0 Å². The van der Waals surface area contributed by atoms with Crippen molar-refractivity contribution in [2.75, 3.05) is 31.1 Å². The van der Waals surface area contributed by atoms with Gasteiger partial charge in [0.2, 0.25) is 5.82 Å². The van der Waals surface area contributed by atoms with E-state index in [0.29, 0.717) is 12.5 Å². The molecule has 1 aromatic carbocycles. The Kier molecular flexibility index (Phi) is 6.16. The van der Waals surface area contributed by atoms with E-state index >= 15 is 0 Å². The van der Waals surface area contributed by atoms with Gasteiger partial charge in [0.1, 0.15) is 18.3 Å². The second-order valence-corrected chi connectivity index (χ2v) is 8.52. The number of quaternary nitrogens is 1. The van der Waals surface area contributed by atoms with Crippen molar-refractivity contribution in [3.05, 3.63) is 59.3 Å². The third-order valence-corrected chi connectivity index (χ3v) is 5.77. The van der Waals surface area contributed by atoms with Gasteiger partial charge in [-0.3, -0.25) is 0 Å². The molecule has 0 unspecified atom stereocenters. The maximum Gasteiger partial charge on any atom is 0.209 e. The lowest BCUT2D eigenvalue weighted by atomic mass is 10.0. The molecule has 154 valence electrons. The van der Waals surface area contributed by atoms with Gasteiger partial charge in [-0.15, -0.1) is 5.10 Å². The molecule has 2 aromatic heterocycles. The molecule has 1 N–H and O–H groups in total. The molecule has 0 spiro atoms. The van der Waals surface area contributed by atoms with Crippen LogP contribution in [-0.4, -0.2) is 46.4 Å². The Morgan fingerprint density at radius 2 is 2.00 bits per heavy atom. The molecule has 3 heterocycles. The van der Waals surface area contributed by atoms with Crippen LogP contribution in [0.3, 0.4) is 0 Å². The highest BCUT2D eigenvalue weighted by Crippen LogP contribution is 2.21. The fourth-order valence-corrected chi connectivity index (χ4v) is 4.31. The summed E-state index contributed by atoms with van der Waals surface area (Å²) in [5.41, 5.74) is 1.19. The predicted octanol–water partition coefficient (Wildman–Crippen LogP) is 2.46. The molecule has 1 saturated heterocycles. The molecule has 0 radical (unpaired) electrons. The van der Waals surface area contributed by atoms with Crippen LogP contribution in [0.1, 0.15) is 37.9 Å². The van der Waals surface area contributed by atoms with E-state index in [1.54, 1.807) is 6.26 Å². The average molecular weight is 416 g/mol. The molecule has 1 aliphatic heterocycles. The lowest BCUT2D eigenvalue weighted by Gasteiger charge is -2.37. The normalized spacial score (nSPS) is 16.5. The van der Waals surface area contributed by atoms with Crippen LogP contribution in [0.5, 0.6) is 0 Å². The van der Waals surface area contributed by atoms with Gasteiger partial charge < -0.3 is 14.2 Å². The van der Waals surface area contributed by atoms with E-state index in [4.69, 9.17) is 16.0 Å². The summed E-state index contributed by atoms with van der Waals surface area (Å²) in [6, 6.07) is 12.2. The minimum Gasteiger partial charge on any atom is -0.467 e. The summed E-state index contributed by atoms with van der Waals surface area (Å²) in [4.78, 5) is 3.95. The lowest BCUT2D eigenvalue weighted by Crippen LogP contribution is -3.15. The van der Waals surface area contributed by atoms with Crippen molar-refractivity contribution in [2.24, 2.45) is 5.92 Å². The van der Waals surface area contributed by atoms with Crippen molar-refractivity contribution in [2.45, 2.75) is 32.9 Å². The highest BCUT2D eigenvalue weighted by molar-refractivity contribution is 6.30. The third-order valence-electron chi connectivity index (χ3n) is 5.54. The topological polar surface area (TPSA) is 64.4 Å². The van der Waals surface area contributed by atoms with E-state index in [-0.39, 0.29) is 6.04 Å². The van der Waals surface area contributed by atoms with Gasteiger partial charge in [0, 0.05) is 17.1 Å². The zero-order valence-corrected chi connectivity index (χ0v) is 17.7. The van der Waals surface area contributed by atoms with Gasteiger partial charge in [-0.25, -0.2) is 4.68 Å². The maximum atomic E-state index is 6.18. The number of furan rings is 1. The molecule has 0 amide bonds. The Hall–Kier alpha value is -2.38. The number of rotatable bonds is 7. The van der Waals surface area contributed by atoms with E-state index in [9.17, 15) is 0 Å². The summed E-state index contributed by atoms with van der Waals surface area (Å²) in [7, 11) is 0. The van der Waals surface area contributed by atoms with Crippen LogP contribution in [0.4, 0.5) is 5.69 Å². The standard InChI is InChI=1S/C21H27ClN6O/c1-16(2)13-20(21-23-24-25-28(21)15-19-7-4-12-29-19)27-10-8-26(9-11-27)18-6-3-5-17(22)14-18/h3-7,12,14,16,20H,8-11,13,15H2,1-2H3/p+1/t20-/m0/s1. The number of halogens is 1. The van der Waals surface area contributed by atoms with E-state index in [1.807, 2.05) is 35.0 Å². The summed E-state index contributed by atoms with van der Waals surface area (Å²) < 4.78 is 7.39. The highest BCUT2D eigenvalue weighted by atomic mass is 35.5. The van der Waals surface area contributed by atoms with Crippen molar-refractivity contribution >= 4 is 17.3 Å². The number of benzene rings is 1. The second-order valence-electron chi connectivity index (χ2n) is 8.08. The molecule has 1 aliphatic rings. The number of nitrogens with zero attached hydrogens (tertiary/aromatic N) is 5. The molecule has 0 aliphatic carbocycles. The summed E-state index contributed by atoms with van der Waals surface area (Å²) in [5.74, 6) is 2.37. The van der Waals surface area contributed by atoms with Crippen LogP contribution < -0.4 is 9.80 Å². The van der Waals surface area contributed by atoms with Gasteiger partial charge in [0.25, 0.3) is 0 Å². The van der Waals surface area contributed by atoms with Gasteiger partial charge in [0.15, 0.2) is 0 Å². The zero-order chi connectivity index (χ0) is 20.2. The van der Waals surface area contributed by atoms with Crippen LogP contribution >= 0.6 is 11.6 Å². The first-order valence-electron chi connectivity index (χ1n) is 10.2. The first-order chi connectivity index (χ1) is 14.1. The molecule has 7 nitrogen and oxygen atoms in total. The molecular formula is C21H28ClN6O+. The average Bonchev–Trinajstić information content (AvgIpc) is 3.39. The van der Waals surface area contributed by atoms with E-state index in [0.717, 1.165) is 49.2 Å². The molecule has 0 saturated carbocycles. The Labute approximate surface area is 176 Å². The minimum atomic E-state index is 0.265. The SMILES string of the molecule is CC(C)C[C@@H](c1nnnn1Cc1ccco1)[NH+]1CCN(c2cccc(Cl)c2)CC1. The highest BCUT2D eigenvalue weighted by Gasteiger charge is 2.33. The van der Waals surface area contributed by atoms with Gasteiger partial charge in [0.05, 0.1) is 32.4 Å². The van der Waals surface area contributed by atoms with Crippen molar-refractivity contribution in [1.29, 1.82) is 0 Å². The van der Waals surface area contributed by atoms with E-state index in [2.05, 4.69) is 40.3 Å². The summed E-state index contributed by atoms with van der Waals surface area (Å²) in [6.07, 6.45) is 2.73. The van der Waals surface area contributed by atoms with E-state index < -0.39 is 0 Å². The Balaban J connectivity index is 1.49. The fraction of sp³-hybridized carbons (Fsp3) is 0.476. The fourth-order valence-electron chi connectivity index (χ4n) is 4.12. The van der Waals surface area contributed by atoms with Crippen LogP contribution in [0.25, 0.3) is 0 Å². The number of anilines is 1. The predicted molar refractivity (Wildman–Crippen MR) is 112 cm³/mol. The molecule has 8 heteroatoms. The summed E-state index contributed by atoms with van der Waals surface area (Å²) in [5, 5.41) is 13.4.